The number of aromatic nitrogens is 2. The van der Waals surface area contributed by atoms with E-state index >= 15 is 0 Å². The highest BCUT2D eigenvalue weighted by Crippen LogP contribution is 2.13. The van der Waals surface area contributed by atoms with Crippen molar-refractivity contribution in [3.05, 3.63) is 34.6 Å². The van der Waals surface area contributed by atoms with Gasteiger partial charge in [-0.05, 0) is 35.0 Å². The van der Waals surface area contributed by atoms with Gasteiger partial charge in [0.15, 0.2) is 5.82 Å². The summed E-state index contributed by atoms with van der Waals surface area (Å²) < 4.78 is 5.77. The highest BCUT2D eigenvalue weighted by molar-refractivity contribution is 9.10. The zero-order chi connectivity index (χ0) is 13.8. The zero-order valence-corrected chi connectivity index (χ0v) is 12.1. The summed E-state index contributed by atoms with van der Waals surface area (Å²) in [4.78, 5) is 17.8. The van der Waals surface area contributed by atoms with E-state index in [2.05, 4.69) is 31.4 Å². The van der Waals surface area contributed by atoms with Crippen LogP contribution in [0.4, 0.5) is 11.6 Å². The molecule has 19 heavy (non-hydrogen) atoms. The van der Waals surface area contributed by atoms with Gasteiger partial charge in [0.2, 0.25) is 5.91 Å². The maximum absolute atomic E-state index is 11.8. The molecule has 0 spiro atoms. The number of aryl methyl sites for hydroxylation is 1. The van der Waals surface area contributed by atoms with Gasteiger partial charge in [0.05, 0.1) is 6.54 Å². The number of carbonyl (C=O) groups excluding carboxylic acids is 1. The Bertz CT molecular complexity index is 567. The van der Waals surface area contributed by atoms with Crippen molar-refractivity contribution in [1.29, 1.82) is 0 Å². The lowest BCUT2D eigenvalue weighted by Crippen LogP contribution is -2.30. The van der Waals surface area contributed by atoms with Crippen LogP contribution >= 0.6 is 15.9 Å². The van der Waals surface area contributed by atoms with Crippen molar-refractivity contribution in [2.75, 3.05) is 23.8 Å². The summed E-state index contributed by atoms with van der Waals surface area (Å²) in [5.41, 5.74) is 0. The maximum Gasteiger partial charge on any atom is 0.245 e. The van der Waals surface area contributed by atoms with Gasteiger partial charge < -0.3 is 14.7 Å². The largest absolute Gasteiger partial charge is 0.360 e. The molecule has 0 aliphatic rings. The lowest BCUT2D eigenvalue weighted by atomic mass is 10.4. The SMILES string of the molecule is Cc1cc(NC(=O)CN(C)c2ccc(Br)cn2)no1. The first kappa shape index (κ1) is 13.5. The average Bonchev–Trinajstić information content (AvgIpc) is 2.75. The quantitative estimate of drug-likeness (QED) is 0.933. The van der Waals surface area contributed by atoms with Crippen LogP contribution in [0.1, 0.15) is 5.76 Å². The van der Waals surface area contributed by atoms with E-state index in [9.17, 15) is 4.79 Å². The maximum atomic E-state index is 11.8. The molecule has 0 saturated carbocycles. The lowest BCUT2D eigenvalue weighted by molar-refractivity contribution is -0.115. The number of halogens is 1. The fraction of sp³-hybridized carbons (Fsp3) is 0.250. The third-order valence-electron chi connectivity index (χ3n) is 2.38. The molecule has 0 aromatic carbocycles. The van der Waals surface area contributed by atoms with Gasteiger partial charge in [0.1, 0.15) is 11.6 Å². The van der Waals surface area contributed by atoms with E-state index < -0.39 is 0 Å². The number of rotatable bonds is 4. The second-order valence-corrected chi connectivity index (χ2v) is 4.98. The third kappa shape index (κ3) is 3.78. The van der Waals surface area contributed by atoms with Crippen molar-refractivity contribution in [3.63, 3.8) is 0 Å². The second-order valence-electron chi connectivity index (χ2n) is 4.06. The van der Waals surface area contributed by atoms with Crippen molar-refractivity contribution in [1.82, 2.24) is 10.1 Å². The molecule has 0 aliphatic carbocycles. The third-order valence-corrected chi connectivity index (χ3v) is 2.85. The molecule has 1 N–H and O–H groups in total. The normalized spacial score (nSPS) is 10.3. The molecule has 0 saturated heterocycles. The Kier molecular flexibility index (Phi) is 4.16. The molecular weight excluding hydrogens is 312 g/mol. The van der Waals surface area contributed by atoms with Gasteiger partial charge in [-0.1, -0.05) is 5.16 Å². The Labute approximate surface area is 118 Å². The van der Waals surface area contributed by atoms with E-state index in [0.717, 1.165) is 10.3 Å². The van der Waals surface area contributed by atoms with Crippen molar-refractivity contribution in [2.24, 2.45) is 0 Å². The number of anilines is 2. The first-order valence-electron chi connectivity index (χ1n) is 5.60. The molecule has 7 heteroatoms. The minimum Gasteiger partial charge on any atom is -0.360 e. The van der Waals surface area contributed by atoms with E-state index in [0.29, 0.717) is 11.6 Å². The Hall–Kier alpha value is -1.89. The number of pyridine rings is 1. The molecule has 0 atom stereocenters. The fourth-order valence-electron chi connectivity index (χ4n) is 1.50. The summed E-state index contributed by atoms with van der Waals surface area (Å²) >= 11 is 3.31. The Morgan fingerprint density at radius 2 is 2.32 bits per heavy atom. The van der Waals surface area contributed by atoms with Gasteiger partial charge in [-0.15, -0.1) is 0 Å². The van der Waals surface area contributed by atoms with Crippen LogP contribution in [0.15, 0.2) is 33.4 Å². The lowest BCUT2D eigenvalue weighted by Gasteiger charge is -2.16. The Morgan fingerprint density at radius 3 is 2.89 bits per heavy atom. The molecule has 0 unspecified atom stereocenters. The molecule has 0 fully saturated rings. The number of hydrogen-bond acceptors (Lipinski definition) is 5. The molecule has 2 heterocycles. The topological polar surface area (TPSA) is 71.3 Å². The van der Waals surface area contributed by atoms with Crippen LogP contribution in [0.2, 0.25) is 0 Å². The molecule has 1 amide bonds. The second kappa shape index (κ2) is 5.83. The number of amides is 1. The van der Waals surface area contributed by atoms with E-state index in [1.54, 1.807) is 31.1 Å². The summed E-state index contributed by atoms with van der Waals surface area (Å²) in [5.74, 6) is 1.60. The van der Waals surface area contributed by atoms with Crippen LogP contribution in [-0.4, -0.2) is 29.6 Å². The summed E-state index contributed by atoms with van der Waals surface area (Å²) in [6.07, 6.45) is 1.69. The Morgan fingerprint density at radius 1 is 1.53 bits per heavy atom. The number of likely N-dealkylation sites (N-methyl/N-ethyl adjacent to an activating group) is 1. The van der Waals surface area contributed by atoms with Crippen molar-refractivity contribution < 1.29 is 9.32 Å². The summed E-state index contributed by atoms with van der Waals surface area (Å²) in [6.45, 7) is 1.95. The molecule has 0 radical (unpaired) electrons. The van der Waals surface area contributed by atoms with Crippen LogP contribution in [0, 0.1) is 6.92 Å². The molecule has 0 aliphatic heterocycles. The van der Waals surface area contributed by atoms with Gasteiger partial charge in [0.25, 0.3) is 0 Å². The minimum atomic E-state index is -0.180. The monoisotopic (exact) mass is 324 g/mol. The van der Waals surface area contributed by atoms with Crippen molar-refractivity contribution in [3.8, 4) is 0 Å². The predicted molar refractivity (Wildman–Crippen MR) is 75.1 cm³/mol. The van der Waals surface area contributed by atoms with Gasteiger partial charge in [-0.3, -0.25) is 4.79 Å². The minimum absolute atomic E-state index is 0.180. The van der Waals surface area contributed by atoms with Crippen LogP contribution in [-0.2, 0) is 4.79 Å². The molecule has 0 bridgehead atoms. The van der Waals surface area contributed by atoms with Crippen LogP contribution in [0.5, 0.6) is 0 Å². The zero-order valence-electron chi connectivity index (χ0n) is 10.6. The summed E-state index contributed by atoms with van der Waals surface area (Å²) in [6, 6.07) is 5.37. The number of nitrogens with zero attached hydrogens (tertiary/aromatic N) is 3. The van der Waals surface area contributed by atoms with Gasteiger partial charge in [-0.25, -0.2) is 4.98 Å². The number of nitrogens with one attached hydrogen (secondary N) is 1. The van der Waals surface area contributed by atoms with Crippen LogP contribution < -0.4 is 10.2 Å². The van der Waals surface area contributed by atoms with Gasteiger partial charge in [-0.2, -0.15) is 0 Å². The van der Waals surface area contributed by atoms with Gasteiger partial charge in [0, 0.05) is 23.8 Å². The predicted octanol–water partition coefficient (Wildman–Crippen LogP) is 2.22. The van der Waals surface area contributed by atoms with Crippen LogP contribution in [0.3, 0.4) is 0 Å². The Balaban J connectivity index is 1.93. The smallest absolute Gasteiger partial charge is 0.245 e. The first-order valence-corrected chi connectivity index (χ1v) is 6.40. The first-order chi connectivity index (χ1) is 9.04. The van der Waals surface area contributed by atoms with Crippen LogP contribution in [0.25, 0.3) is 0 Å². The van der Waals surface area contributed by atoms with E-state index in [1.807, 2.05) is 12.1 Å². The molecule has 2 rings (SSSR count). The highest BCUT2D eigenvalue weighted by atomic mass is 79.9. The molecule has 100 valence electrons. The summed E-state index contributed by atoms with van der Waals surface area (Å²) in [5, 5.41) is 6.35. The van der Waals surface area contributed by atoms with Gasteiger partial charge >= 0.3 is 0 Å². The molecule has 6 nitrogen and oxygen atoms in total. The van der Waals surface area contributed by atoms with Crippen molar-refractivity contribution >= 4 is 33.5 Å². The fourth-order valence-corrected chi connectivity index (χ4v) is 1.73. The number of hydrogen-bond donors (Lipinski definition) is 1. The molecular formula is C12H13BrN4O2. The average molecular weight is 325 g/mol. The standard InChI is InChI=1S/C12H13BrN4O2/c1-8-5-10(16-19-8)15-12(18)7-17(2)11-4-3-9(13)6-14-11/h3-6H,7H2,1-2H3,(H,15,16,18). The van der Waals surface area contributed by atoms with E-state index in [1.165, 1.54) is 0 Å². The van der Waals surface area contributed by atoms with E-state index in [4.69, 9.17) is 4.52 Å². The highest BCUT2D eigenvalue weighted by Gasteiger charge is 2.10. The van der Waals surface area contributed by atoms with E-state index in [-0.39, 0.29) is 12.5 Å². The summed E-state index contributed by atoms with van der Waals surface area (Å²) in [7, 11) is 1.80. The molecule has 2 aromatic rings. The number of carbonyl (C=O) groups is 1. The molecule has 2 aromatic heterocycles. The van der Waals surface area contributed by atoms with Crippen molar-refractivity contribution in [2.45, 2.75) is 6.92 Å².